The van der Waals surface area contributed by atoms with E-state index in [9.17, 15) is 0 Å². The maximum absolute atomic E-state index is 6.57. The van der Waals surface area contributed by atoms with Gasteiger partial charge in [-0.15, -0.1) is 22.7 Å². The van der Waals surface area contributed by atoms with Gasteiger partial charge in [0.1, 0.15) is 11.2 Å². The van der Waals surface area contributed by atoms with Crippen LogP contribution >= 0.6 is 22.7 Å². The molecule has 0 aliphatic rings. The number of rotatable bonds is 11. The molecule has 90 heavy (non-hydrogen) atoms. The van der Waals surface area contributed by atoms with Crippen LogP contribution in [-0.4, -0.2) is 4.57 Å². The zero-order valence-corrected chi connectivity index (χ0v) is 50.3. The molecule has 422 valence electrons. The van der Waals surface area contributed by atoms with Crippen LogP contribution in [0.15, 0.2) is 326 Å². The maximum atomic E-state index is 6.57. The Bertz CT molecular complexity index is 5800. The SMILES string of the molecule is c1ccc(-c2ccc(N(c3cccc(N(c4ccccc4)c4cc(-c5ccc6c(c5)sc5ccc(-c7ccc8c9ccccc9n(-c9ccccc9)c8c7)cc56)cc(-c5ccc6sc7ccccc7c6c5)c4)c3)c3ccc4c(c3)oc3ccccc34)cc2)cc1. The lowest BCUT2D eigenvalue weighted by atomic mass is 9.95. The fourth-order valence-corrected chi connectivity index (χ4v) is 15.9. The summed E-state index contributed by atoms with van der Waals surface area (Å²) in [5.74, 6) is 0. The van der Waals surface area contributed by atoms with Crippen molar-refractivity contribution >= 4 is 141 Å². The van der Waals surface area contributed by atoms with Crippen LogP contribution in [0.25, 0.3) is 134 Å². The Balaban J connectivity index is 0.783. The van der Waals surface area contributed by atoms with Gasteiger partial charge in [-0.2, -0.15) is 0 Å². The van der Waals surface area contributed by atoms with E-state index in [0.29, 0.717) is 0 Å². The van der Waals surface area contributed by atoms with Gasteiger partial charge in [0.2, 0.25) is 0 Å². The number of thiophene rings is 2. The van der Waals surface area contributed by atoms with Crippen molar-refractivity contribution in [3.8, 4) is 50.2 Å². The molecule has 18 aromatic rings. The van der Waals surface area contributed by atoms with E-state index in [1.165, 1.54) is 84.4 Å². The molecule has 0 atom stereocenters. The average molecular weight is 1180 g/mol. The van der Waals surface area contributed by atoms with Crippen LogP contribution in [0.4, 0.5) is 34.1 Å². The van der Waals surface area contributed by atoms with Crippen molar-refractivity contribution in [2.24, 2.45) is 0 Å². The smallest absolute Gasteiger partial charge is 0.137 e. The van der Waals surface area contributed by atoms with Gasteiger partial charge in [0, 0.05) is 108 Å². The summed E-state index contributed by atoms with van der Waals surface area (Å²) in [6.45, 7) is 0. The second kappa shape index (κ2) is 21.3. The molecular weight excluding hydrogens is 1130 g/mol. The number of hydrogen-bond acceptors (Lipinski definition) is 5. The fraction of sp³-hybridized carbons (Fsp3) is 0. The van der Waals surface area contributed by atoms with Gasteiger partial charge in [-0.25, -0.2) is 0 Å². The minimum absolute atomic E-state index is 0.843. The lowest BCUT2D eigenvalue weighted by molar-refractivity contribution is 0.669. The number of fused-ring (bicyclic) bond motifs is 12. The van der Waals surface area contributed by atoms with Crippen LogP contribution in [0.5, 0.6) is 0 Å². The maximum Gasteiger partial charge on any atom is 0.137 e. The molecule has 0 radical (unpaired) electrons. The molecule has 0 fully saturated rings. The van der Waals surface area contributed by atoms with Gasteiger partial charge >= 0.3 is 0 Å². The Morgan fingerprint density at radius 2 is 0.689 bits per heavy atom. The van der Waals surface area contributed by atoms with Crippen molar-refractivity contribution in [2.75, 3.05) is 9.80 Å². The lowest BCUT2D eigenvalue weighted by Crippen LogP contribution is -2.13. The summed E-state index contributed by atoms with van der Waals surface area (Å²) >= 11 is 3.72. The van der Waals surface area contributed by atoms with Crippen LogP contribution in [-0.2, 0) is 0 Å². The Labute approximate surface area is 527 Å². The summed E-state index contributed by atoms with van der Waals surface area (Å²) < 4.78 is 14.1. The van der Waals surface area contributed by atoms with Gasteiger partial charge in [-0.1, -0.05) is 176 Å². The normalized spacial score (nSPS) is 11.8. The van der Waals surface area contributed by atoms with Gasteiger partial charge in [-0.3, -0.25) is 0 Å². The summed E-state index contributed by atoms with van der Waals surface area (Å²) in [6, 6.07) is 118. The Morgan fingerprint density at radius 3 is 1.44 bits per heavy atom. The zero-order chi connectivity index (χ0) is 59.2. The third kappa shape index (κ3) is 8.87. The second-order valence-corrected chi connectivity index (χ2v) is 25.4. The first-order valence-corrected chi connectivity index (χ1v) is 32.1. The highest BCUT2D eigenvalue weighted by molar-refractivity contribution is 7.26. The molecule has 4 nitrogen and oxygen atoms in total. The molecular formula is C84H53N3OS2. The predicted octanol–water partition coefficient (Wildman–Crippen LogP) is 25.0. The molecule has 18 rings (SSSR count). The molecule has 6 heteroatoms. The van der Waals surface area contributed by atoms with Crippen LogP contribution in [0.3, 0.4) is 0 Å². The van der Waals surface area contributed by atoms with E-state index in [1.54, 1.807) is 0 Å². The molecule has 0 saturated heterocycles. The van der Waals surface area contributed by atoms with Crippen molar-refractivity contribution < 1.29 is 4.42 Å². The number of anilines is 6. The van der Waals surface area contributed by atoms with Gasteiger partial charge in [0.25, 0.3) is 0 Å². The predicted molar refractivity (Wildman–Crippen MR) is 385 cm³/mol. The summed E-state index contributed by atoms with van der Waals surface area (Å²) in [5.41, 5.74) is 20.8. The highest BCUT2D eigenvalue weighted by Gasteiger charge is 2.22. The molecule has 0 bridgehead atoms. The number of furan rings is 1. The summed E-state index contributed by atoms with van der Waals surface area (Å²) in [5, 5.41) is 9.79. The highest BCUT2D eigenvalue weighted by Crippen LogP contribution is 2.47. The molecule has 0 spiro atoms. The first-order chi connectivity index (χ1) is 44.6. The lowest BCUT2D eigenvalue weighted by Gasteiger charge is -2.30. The fourth-order valence-electron chi connectivity index (χ4n) is 13.7. The monoisotopic (exact) mass is 1180 g/mol. The summed E-state index contributed by atoms with van der Waals surface area (Å²) in [4.78, 5) is 4.77. The van der Waals surface area contributed by atoms with Crippen LogP contribution < -0.4 is 9.80 Å². The van der Waals surface area contributed by atoms with E-state index < -0.39 is 0 Å². The standard InChI is InChI=1S/C84H53N3OS2/c1-4-17-54(18-5-1)55-31-37-64(38-32-55)85(67-39-42-72-71-26-11-14-29-79(71)88-80(72)53-67)65-23-16-24-66(52-65)86(62-19-6-2-7-20-62)68-46-60(57-36-44-82-75(49-57)73-27-12-15-30-81(73)89-82)45-61(47-68)59-34-41-74-76-48-56(35-43-83(76)90-84(74)51-59)58-33-40-70-69-25-10-13-28-77(69)87(78(70)50-58)63-21-8-3-9-22-63/h1-53H. The van der Waals surface area contributed by atoms with Gasteiger partial charge < -0.3 is 18.8 Å². The molecule has 0 unspecified atom stereocenters. The first kappa shape index (κ1) is 51.9. The van der Waals surface area contributed by atoms with Crippen molar-refractivity contribution in [1.82, 2.24) is 4.57 Å². The van der Waals surface area contributed by atoms with Crippen LogP contribution in [0.1, 0.15) is 0 Å². The molecule has 4 heterocycles. The highest BCUT2D eigenvalue weighted by atomic mass is 32.1. The van der Waals surface area contributed by atoms with E-state index >= 15 is 0 Å². The quantitative estimate of drug-likeness (QED) is 0.129. The third-order valence-electron chi connectivity index (χ3n) is 17.9. The number of nitrogens with zero attached hydrogens (tertiary/aromatic N) is 3. The van der Waals surface area contributed by atoms with Crippen molar-refractivity contribution in [3.05, 3.63) is 322 Å². The molecule has 14 aromatic carbocycles. The minimum Gasteiger partial charge on any atom is -0.456 e. The molecule has 0 amide bonds. The van der Waals surface area contributed by atoms with E-state index in [-0.39, 0.29) is 0 Å². The zero-order valence-electron chi connectivity index (χ0n) is 48.7. The molecule has 0 N–H and O–H groups in total. The van der Waals surface area contributed by atoms with Crippen molar-refractivity contribution in [2.45, 2.75) is 0 Å². The van der Waals surface area contributed by atoms with Crippen molar-refractivity contribution in [3.63, 3.8) is 0 Å². The van der Waals surface area contributed by atoms with Gasteiger partial charge in [0.05, 0.1) is 11.0 Å². The summed E-state index contributed by atoms with van der Waals surface area (Å²) in [6.07, 6.45) is 0. The topological polar surface area (TPSA) is 24.6 Å². The number of hydrogen-bond donors (Lipinski definition) is 0. The Hall–Kier alpha value is -11.3. The second-order valence-electron chi connectivity index (χ2n) is 23.2. The van der Waals surface area contributed by atoms with Crippen LogP contribution in [0.2, 0.25) is 0 Å². The number of aromatic nitrogens is 1. The molecule has 0 saturated carbocycles. The molecule has 4 aromatic heterocycles. The molecule has 0 aliphatic heterocycles. The first-order valence-electron chi connectivity index (χ1n) is 30.5. The summed E-state index contributed by atoms with van der Waals surface area (Å²) in [7, 11) is 0. The van der Waals surface area contributed by atoms with Crippen molar-refractivity contribution in [1.29, 1.82) is 0 Å². The largest absolute Gasteiger partial charge is 0.456 e. The number of benzene rings is 14. The van der Waals surface area contributed by atoms with E-state index in [0.717, 1.165) is 84.0 Å². The third-order valence-corrected chi connectivity index (χ3v) is 20.2. The van der Waals surface area contributed by atoms with E-state index in [4.69, 9.17) is 4.42 Å². The number of para-hydroxylation sites is 4. The van der Waals surface area contributed by atoms with Gasteiger partial charge in [0.15, 0.2) is 0 Å². The Morgan fingerprint density at radius 1 is 0.222 bits per heavy atom. The van der Waals surface area contributed by atoms with E-state index in [2.05, 4.69) is 324 Å². The van der Waals surface area contributed by atoms with Crippen LogP contribution in [0, 0.1) is 0 Å². The van der Waals surface area contributed by atoms with E-state index in [1.807, 2.05) is 34.8 Å². The average Bonchev–Trinajstić information content (AvgIpc) is 1.88. The molecule has 0 aliphatic carbocycles. The van der Waals surface area contributed by atoms with Gasteiger partial charge in [-0.05, 0) is 184 Å². The Kier molecular flexibility index (Phi) is 12.3. The minimum atomic E-state index is 0.843.